The Labute approximate surface area is 179 Å². The Balaban J connectivity index is 1.54. The van der Waals surface area contributed by atoms with Crippen molar-refractivity contribution in [3.8, 4) is 0 Å². The summed E-state index contributed by atoms with van der Waals surface area (Å²) in [6.45, 7) is 7.50. The molecule has 2 aliphatic rings. The first-order valence-electron chi connectivity index (χ1n) is 10.7. The van der Waals surface area contributed by atoms with Crippen LogP contribution in [0.3, 0.4) is 0 Å². The molecule has 1 saturated heterocycles. The van der Waals surface area contributed by atoms with E-state index >= 15 is 0 Å². The quantitative estimate of drug-likeness (QED) is 0.803. The van der Waals surface area contributed by atoms with Gasteiger partial charge in [0.15, 0.2) is 0 Å². The fraction of sp³-hybridized carbons (Fsp3) is 0.636. The standard InChI is InChI=1S/C22H29N3O4S/c1-22(2,3)13-6-7-14-16(11-13)30-19-18(14)20(27)24(12-23-19)10-8-17(26)25-9-4-5-15(25)21(28)29/h12-13,15H,4-11H2,1-3H3,(H,28,29). The molecule has 2 aromatic rings. The summed E-state index contributed by atoms with van der Waals surface area (Å²) in [5.74, 6) is -0.576. The lowest BCUT2D eigenvalue weighted by Gasteiger charge is -2.33. The normalized spacial score (nSPS) is 21.8. The van der Waals surface area contributed by atoms with E-state index in [4.69, 9.17) is 0 Å². The first kappa shape index (κ1) is 21.0. The van der Waals surface area contributed by atoms with Gasteiger partial charge in [0, 0.05) is 24.4 Å². The fourth-order valence-corrected chi connectivity index (χ4v) is 6.04. The van der Waals surface area contributed by atoms with Crippen molar-refractivity contribution in [2.45, 2.75) is 71.9 Å². The molecular weight excluding hydrogens is 402 g/mol. The number of hydrogen-bond acceptors (Lipinski definition) is 5. The zero-order valence-electron chi connectivity index (χ0n) is 17.8. The molecule has 30 heavy (non-hydrogen) atoms. The molecule has 2 atom stereocenters. The minimum atomic E-state index is -0.959. The van der Waals surface area contributed by atoms with Crippen LogP contribution < -0.4 is 5.56 Å². The van der Waals surface area contributed by atoms with Crippen LogP contribution in [-0.2, 0) is 29.0 Å². The molecular formula is C22H29N3O4S. The van der Waals surface area contributed by atoms with Gasteiger partial charge < -0.3 is 10.0 Å². The molecule has 1 aliphatic carbocycles. The second kappa shape index (κ2) is 7.80. The number of thiophene rings is 1. The summed E-state index contributed by atoms with van der Waals surface area (Å²) in [7, 11) is 0. The Hall–Kier alpha value is -2.22. The highest BCUT2D eigenvalue weighted by Crippen LogP contribution is 2.41. The van der Waals surface area contributed by atoms with Gasteiger partial charge in [-0.2, -0.15) is 0 Å². The number of hydrogen-bond donors (Lipinski definition) is 1. The number of aromatic nitrogens is 2. The van der Waals surface area contributed by atoms with E-state index < -0.39 is 12.0 Å². The Morgan fingerprint density at radius 3 is 2.77 bits per heavy atom. The third kappa shape index (κ3) is 3.77. The van der Waals surface area contributed by atoms with Gasteiger partial charge in [0.2, 0.25) is 5.91 Å². The van der Waals surface area contributed by atoms with Crippen molar-refractivity contribution in [3.63, 3.8) is 0 Å². The molecule has 2 unspecified atom stereocenters. The molecule has 0 bridgehead atoms. The number of fused-ring (bicyclic) bond motifs is 3. The average Bonchev–Trinajstić information content (AvgIpc) is 3.31. The molecule has 7 nitrogen and oxygen atoms in total. The van der Waals surface area contributed by atoms with Crippen molar-refractivity contribution in [3.05, 3.63) is 27.1 Å². The van der Waals surface area contributed by atoms with Gasteiger partial charge in [0.1, 0.15) is 10.9 Å². The Kier molecular flexibility index (Phi) is 5.46. The van der Waals surface area contributed by atoms with E-state index in [1.165, 1.54) is 20.7 Å². The van der Waals surface area contributed by atoms with Crippen molar-refractivity contribution in [2.75, 3.05) is 6.54 Å². The monoisotopic (exact) mass is 431 g/mol. The van der Waals surface area contributed by atoms with Gasteiger partial charge in [0.05, 0.1) is 11.7 Å². The smallest absolute Gasteiger partial charge is 0.326 e. The number of carboxylic acids is 1. The van der Waals surface area contributed by atoms with Crippen LogP contribution in [0, 0.1) is 11.3 Å². The van der Waals surface area contributed by atoms with Crippen molar-refractivity contribution < 1.29 is 14.7 Å². The Morgan fingerprint density at radius 2 is 2.07 bits per heavy atom. The molecule has 1 aliphatic heterocycles. The summed E-state index contributed by atoms with van der Waals surface area (Å²) < 4.78 is 1.51. The first-order chi connectivity index (χ1) is 14.2. The first-order valence-corrected chi connectivity index (χ1v) is 11.5. The lowest BCUT2D eigenvalue weighted by molar-refractivity contribution is -0.148. The minimum absolute atomic E-state index is 0.0873. The van der Waals surface area contributed by atoms with Gasteiger partial charge in [-0.05, 0) is 49.0 Å². The van der Waals surface area contributed by atoms with E-state index in [9.17, 15) is 19.5 Å². The zero-order chi connectivity index (χ0) is 21.6. The molecule has 0 saturated carbocycles. The number of carbonyl (C=O) groups is 2. The van der Waals surface area contributed by atoms with Crippen molar-refractivity contribution >= 4 is 33.4 Å². The number of aliphatic carboxylic acids is 1. The van der Waals surface area contributed by atoms with Crippen LogP contribution in [0.5, 0.6) is 0 Å². The molecule has 2 aromatic heterocycles. The van der Waals surface area contributed by atoms with Crippen LogP contribution in [0.1, 0.15) is 56.9 Å². The summed E-state index contributed by atoms with van der Waals surface area (Å²) in [5, 5.41) is 9.99. The largest absolute Gasteiger partial charge is 0.480 e. The molecule has 3 heterocycles. The maximum absolute atomic E-state index is 13.2. The Morgan fingerprint density at radius 1 is 1.30 bits per heavy atom. The molecule has 0 spiro atoms. The van der Waals surface area contributed by atoms with Crippen molar-refractivity contribution in [1.82, 2.24) is 14.5 Å². The van der Waals surface area contributed by atoms with E-state index in [0.29, 0.717) is 30.7 Å². The molecule has 1 fully saturated rings. The highest BCUT2D eigenvalue weighted by molar-refractivity contribution is 7.18. The Bertz CT molecular complexity index is 1050. The number of carboxylic acid groups (broad SMARTS) is 1. The summed E-state index contributed by atoms with van der Waals surface area (Å²) in [6, 6.07) is -0.741. The highest BCUT2D eigenvalue weighted by atomic mass is 32.1. The molecule has 4 rings (SSSR count). The summed E-state index contributed by atoms with van der Waals surface area (Å²) >= 11 is 1.63. The molecule has 1 amide bonds. The van der Waals surface area contributed by atoms with E-state index in [2.05, 4.69) is 25.8 Å². The van der Waals surface area contributed by atoms with Crippen LogP contribution in [0.25, 0.3) is 10.2 Å². The second-order valence-electron chi connectivity index (χ2n) is 9.57. The van der Waals surface area contributed by atoms with Crippen LogP contribution in [0.4, 0.5) is 0 Å². The maximum atomic E-state index is 13.2. The van der Waals surface area contributed by atoms with E-state index in [-0.39, 0.29) is 29.8 Å². The maximum Gasteiger partial charge on any atom is 0.326 e. The average molecular weight is 432 g/mol. The van der Waals surface area contributed by atoms with Gasteiger partial charge in [-0.1, -0.05) is 20.8 Å². The van der Waals surface area contributed by atoms with E-state index in [1.807, 2.05) is 0 Å². The number of aryl methyl sites for hydroxylation is 2. The minimum Gasteiger partial charge on any atom is -0.480 e. The van der Waals surface area contributed by atoms with Gasteiger partial charge >= 0.3 is 5.97 Å². The van der Waals surface area contributed by atoms with Gasteiger partial charge in [0.25, 0.3) is 5.56 Å². The number of rotatable bonds is 4. The van der Waals surface area contributed by atoms with Crippen LogP contribution in [0.2, 0.25) is 0 Å². The zero-order valence-corrected chi connectivity index (χ0v) is 18.6. The third-order valence-electron chi connectivity index (χ3n) is 6.69. The van der Waals surface area contributed by atoms with Gasteiger partial charge in [-0.15, -0.1) is 11.3 Å². The SMILES string of the molecule is CC(C)(C)C1CCc2c(sc3ncn(CCC(=O)N4CCCC4C(=O)O)c(=O)c23)C1. The number of likely N-dealkylation sites (tertiary alicyclic amines) is 1. The molecule has 0 aromatic carbocycles. The van der Waals surface area contributed by atoms with E-state index in [0.717, 1.165) is 29.7 Å². The second-order valence-corrected chi connectivity index (χ2v) is 10.6. The molecule has 8 heteroatoms. The molecule has 162 valence electrons. The molecule has 1 N–H and O–H groups in total. The lowest BCUT2D eigenvalue weighted by Crippen LogP contribution is -2.41. The summed E-state index contributed by atoms with van der Waals surface area (Å²) in [4.78, 5) is 45.0. The number of carbonyl (C=O) groups excluding carboxylic acids is 1. The lowest BCUT2D eigenvalue weighted by atomic mass is 9.72. The topological polar surface area (TPSA) is 92.5 Å². The highest BCUT2D eigenvalue weighted by Gasteiger charge is 2.34. The van der Waals surface area contributed by atoms with Crippen LogP contribution in [0.15, 0.2) is 11.1 Å². The third-order valence-corrected chi connectivity index (χ3v) is 7.85. The predicted octanol–water partition coefficient (Wildman–Crippen LogP) is 3.07. The van der Waals surface area contributed by atoms with Gasteiger partial charge in [-0.25, -0.2) is 9.78 Å². The van der Waals surface area contributed by atoms with Crippen LogP contribution >= 0.6 is 11.3 Å². The van der Waals surface area contributed by atoms with Gasteiger partial charge in [-0.3, -0.25) is 14.2 Å². The summed E-state index contributed by atoms with van der Waals surface area (Å²) in [6.07, 6.45) is 5.78. The van der Waals surface area contributed by atoms with Crippen LogP contribution in [-0.4, -0.2) is 44.0 Å². The molecule has 0 radical (unpaired) electrons. The van der Waals surface area contributed by atoms with Crippen molar-refractivity contribution in [2.24, 2.45) is 11.3 Å². The fourth-order valence-electron chi connectivity index (χ4n) is 4.78. The number of amides is 1. The van der Waals surface area contributed by atoms with Crippen molar-refractivity contribution in [1.29, 1.82) is 0 Å². The predicted molar refractivity (Wildman–Crippen MR) is 116 cm³/mol. The summed E-state index contributed by atoms with van der Waals surface area (Å²) in [5.41, 5.74) is 1.29. The van der Waals surface area contributed by atoms with E-state index in [1.54, 1.807) is 11.3 Å². The number of nitrogens with zero attached hydrogens (tertiary/aromatic N) is 3.